The second kappa shape index (κ2) is 7.29. The molecule has 0 aliphatic carbocycles. The summed E-state index contributed by atoms with van der Waals surface area (Å²) >= 11 is 0. The van der Waals surface area contributed by atoms with Crippen molar-refractivity contribution in [2.45, 2.75) is 46.6 Å². The number of nitrogens with zero attached hydrogens (tertiary/aromatic N) is 2. The molecule has 0 bridgehead atoms. The summed E-state index contributed by atoms with van der Waals surface area (Å²) in [5.74, 6) is -0.106. The predicted molar refractivity (Wildman–Crippen MR) is 67.4 cm³/mol. The van der Waals surface area contributed by atoms with Crippen molar-refractivity contribution in [3.8, 4) is 6.07 Å². The average molecular weight is 240 g/mol. The molecule has 0 atom stereocenters. The number of ether oxygens (including phenoxy) is 1. The molecule has 0 rings (SSSR count). The largest absolute Gasteiger partial charge is 0.383 e. The van der Waals surface area contributed by atoms with E-state index >= 15 is 0 Å². The molecule has 0 radical (unpaired) electrons. The maximum absolute atomic E-state index is 12.3. The minimum absolute atomic E-state index is 0.106. The lowest BCUT2D eigenvalue weighted by Gasteiger charge is -2.34. The molecule has 0 aliphatic rings. The minimum Gasteiger partial charge on any atom is -0.383 e. The standard InChI is InChI=1S/C13H24N2O2/c1-6-11(7-2)15(8-9-17-5)12(16)13(3,4)10-14/h11H,6-9H2,1-5H3. The summed E-state index contributed by atoms with van der Waals surface area (Å²) in [7, 11) is 1.62. The summed E-state index contributed by atoms with van der Waals surface area (Å²) in [4.78, 5) is 14.1. The fourth-order valence-electron chi connectivity index (χ4n) is 1.78. The average Bonchev–Trinajstić information content (AvgIpc) is 2.33. The van der Waals surface area contributed by atoms with Crippen LogP contribution in [0.5, 0.6) is 0 Å². The van der Waals surface area contributed by atoms with E-state index in [1.165, 1.54) is 0 Å². The van der Waals surface area contributed by atoms with Gasteiger partial charge in [-0.25, -0.2) is 0 Å². The molecule has 0 fully saturated rings. The highest BCUT2D eigenvalue weighted by Gasteiger charge is 2.34. The Kier molecular flexibility index (Phi) is 6.82. The van der Waals surface area contributed by atoms with Crippen LogP contribution in [0.4, 0.5) is 0 Å². The van der Waals surface area contributed by atoms with Crippen molar-refractivity contribution in [1.82, 2.24) is 4.90 Å². The van der Waals surface area contributed by atoms with Crippen molar-refractivity contribution in [2.24, 2.45) is 5.41 Å². The van der Waals surface area contributed by atoms with Gasteiger partial charge in [0, 0.05) is 19.7 Å². The van der Waals surface area contributed by atoms with Crippen LogP contribution in [0.2, 0.25) is 0 Å². The lowest BCUT2D eigenvalue weighted by atomic mass is 9.92. The third-order valence-electron chi connectivity index (χ3n) is 2.99. The fourth-order valence-corrected chi connectivity index (χ4v) is 1.78. The molecular weight excluding hydrogens is 216 g/mol. The van der Waals surface area contributed by atoms with Gasteiger partial charge >= 0.3 is 0 Å². The van der Waals surface area contributed by atoms with Crippen molar-refractivity contribution >= 4 is 5.91 Å². The van der Waals surface area contributed by atoms with E-state index in [0.29, 0.717) is 13.2 Å². The molecule has 0 unspecified atom stereocenters. The summed E-state index contributed by atoms with van der Waals surface area (Å²) in [5.41, 5.74) is -0.962. The fraction of sp³-hybridized carbons (Fsp3) is 0.846. The number of amides is 1. The number of hydrogen-bond acceptors (Lipinski definition) is 3. The molecule has 98 valence electrons. The maximum Gasteiger partial charge on any atom is 0.242 e. The van der Waals surface area contributed by atoms with Gasteiger partial charge in [-0.1, -0.05) is 13.8 Å². The predicted octanol–water partition coefficient (Wildman–Crippen LogP) is 2.20. The third kappa shape index (κ3) is 4.35. The molecule has 17 heavy (non-hydrogen) atoms. The van der Waals surface area contributed by atoms with E-state index in [1.54, 1.807) is 25.9 Å². The van der Waals surface area contributed by atoms with Crippen molar-refractivity contribution in [2.75, 3.05) is 20.3 Å². The van der Waals surface area contributed by atoms with Crippen LogP contribution in [0.15, 0.2) is 0 Å². The summed E-state index contributed by atoms with van der Waals surface area (Å²) < 4.78 is 5.03. The van der Waals surface area contributed by atoms with Gasteiger partial charge in [0.1, 0.15) is 5.41 Å². The molecule has 0 spiro atoms. The Morgan fingerprint density at radius 2 is 1.94 bits per heavy atom. The molecule has 0 aliphatic heterocycles. The van der Waals surface area contributed by atoms with Gasteiger partial charge in [-0.2, -0.15) is 5.26 Å². The van der Waals surface area contributed by atoms with Gasteiger partial charge in [0.25, 0.3) is 0 Å². The zero-order valence-electron chi connectivity index (χ0n) is 11.6. The van der Waals surface area contributed by atoms with Gasteiger partial charge in [0.15, 0.2) is 0 Å². The van der Waals surface area contributed by atoms with Crippen molar-refractivity contribution in [3.05, 3.63) is 0 Å². The number of carbonyl (C=O) groups is 1. The van der Waals surface area contributed by atoms with E-state index in [4.69, 9.17) is 10.00 Å². The highest BCUT2D eigenvalue weighted by atomic mass is 16.5. The number of nitriles is 1. The number of rotatable bonds is 7. The molecule has 0 saturated carbocycles. The quantitative estimate of drug-likeness (QED) is 0.685. The first-order chi connectivity index (χ1) is 7.94. The first kappa shape index (κ1) is 15.9. The smallest absolute Gasteiger partial charge is 0.242 e. The number of methoxy groups -OCH3 is 1. The van der Waals surface area contributed by atoms with Crippen LogP contribution in [0, 0.1) is 16.7 Å². The van der Waals surface area contributed by atoms with Crippen LogP contribution in [0.1, 0.15) is 40.5 Å². The Bertz CT molecular complexity index is 278. The molecule has 1 amide bonds. The second-order valence-electron chi connectivity index (χ2n) is 4.70. The lowest BCUT2D eigenvalue weighted by Crippen LogP contribution is -2.47. The Morgan fingerprint density at radius 3 is 2.29 bits per heavy atom. The van der Waals surface area contributed by atoms with Crippen molar-refractivity contribution < 1.29 is 9.53 Å². The number of hydrogen-bond donors (Lipinski definition) is 0. The van der Waals surface area contributed by atoms with E-state index in [0.717, 1.165) is 12.8 Å². The molecule has 0 N–H and O–H groups in total. The molecule has 0 aromatic heterocycles. The van der Waals surface area contributed by atoms with E-state index in [-0.39, 0.29) is 11.9 Å². The first-order valence-corrected chi connectivity index (χ1v) is 6.15. The van der Waals surface area contributed by atoms with Crippen LogP contribution >= 0.6 is 0 Å². The van der Waals surface area contributed by atoms with Crippen LogP contribution in [-0.4, -0.2) is 37.1 Å². The monoisotopic (exact) mass is 240 g/mol. The summed E-state index contributed by atoms with van der Waals surface area (Å²) in [6, 6.07) is 2.25. The summed E-state index contributed by atoms with van der Waals surface area (Å²) in [5, 5.41) is 9.04. The van der Waals surface area contributed by atoms with Crippen molar-refractivity contribution in [1.29, 1.82) is 5.26 Å². The van der Waals surface area contributed by atoms with Gasteiger partial charge in [-0.15, -0.1) is 0 Å². The highest BCUT2D eigenvalue weighted by molar-refractivity contribution is 5.84. The van der Waals surface area contributed by atoms with E-state index < -0.39 is 5.41 Å². The van der Waals surface area contributed by atoms with Gasteiger partial charge < -0.3 is 9.64 Å². The first-order valence-electron chi connectivity index (χ1n) is 6.15. The zero-order valence-corrected chi connectivity index (χ0v) is 11.6. The van der Waals surface area contributed by atoms with E-state index in [2.05, 4.69) is 19.9 Å². The Balaban J connectivity index is 4.92. The van der Waals surface area contributed by atoms with E-state index in [1.807, 2.05) is 0 Å². The van der Waals surface area contributed by atoms with Crippen LogP contribution in [-0.2, 0) is 9.53 Å². The van der Waals surface area contributed by atoms with Crippen LogP contribution in [0.25, 0.3) is 0 Å². The topological polar surface area (TPSA) is 53.3 Å². The molecule has 4 nitrogen and oxygen atoms in total. The summed E-state index contributed by atoms with van der Waals surface area (Å²) in [6.07, 6.45) is 1.79. The Morgan fingerprint density at radius 1 is 1.41 bits per heavy atom. The minimum atomic E-state index is -0.962. The molecule has 0 aromatic carbocycles. The van der Waals surface area contributed by atoms with Crippen LogP contribution < -0.4 is 0 Å². The van der Waals surface area contributed by atoms with E-state index in [9.17, 15) is 4.79 Å². The zero-order chi connectivity index (χ0) is 13.5. The van der Waals surface area contributed by atoms with Crippen LogP contribution in [0.3, 0.4) is 0 Å². The highest BCUT2D eigenvalue weighted by Crippen LogP contribution is 2.21. The van der Waals surface area contributed by atoms with Crippen molar-refractivity contribution in [3.63, 3.8) is 0 Å². The Hall–Kier alpha value is -1.08. The maximum atomic E-state index is 12.3. The molecule has 0 aromatic rings. The van der Waals surface area contributed by atoms with Gasteiger partial charge in [0.05, 0.1) is 12.7 Å². The third-order valence-corrected chi connectivity index (χ3v) is 2.99. The SMILES string of the molecule is CCC(CC)N(CCOC)C(=O)C(C)(C)C#N. The van der Waals surface area contributed by atoms with Gasteiger partial charge in [0.2, 0.25) is 5.91 Å². The molecule has 4 heteroatoms. The normalized spacial score (nSPS) is 11.4. The lowest BCUT2D eigenvalue weighted by molar-refractivity contribution is -0.141. The molecule has 0 heterocycles. The second-order valence-corrected chi connectivity index (χ2v) is 4.70. The molecule has 0 saturated heterocycles. The number of carbonyl (C=O) groups excluding carboxylic acids is 1. The molecular formula is C13H24N2O2. The van der Waals surface area contributed by atoms with Gasteiger partial charge in [-0.3, -0.25) is 4.79 Å². The summed E-state index contributed by atoms with van der Waals surface area (Å²) in [6.45, 7) is 8.49. The Labute approximate surface area is 105 Å². The van der Waals surface area contributed by atoms with Gasteiger partial charge in [-0.05, 0) is 26.7 Å².